The van der Waals surface area contributed by atoms with E-state index in [1.54, 1.807) is 14.0 Å². The Labute approximate surface area is 146 Å². The van der Waals surface area contributed by atoms with E-state index in [-0.39, 0.29) is 37.1 Å². The zero-order valence-electron chi connectivity index (χ0n) is 14.8. The Balaban J connectivity index is 2.28. The molecule has 2 amide bonds. The van der Waals surface area contributed by atoms with Gasteiger partial charge in [-0.15, -0.1) is 0 Å². The maximum absolute atomic E-state index is 12.6. The highest BCUT2D eigenvalue weighted by Crippen LogP contribution is 2.50. The van der Waals surface area contributed by atoms with Gasteiger partial charge in [0.25, 0.3) is 0 Å². The number of carbonyl (C=O) groups is 2. The second-order valence-electron chi connectivity index (χ2n) is 6.40. The van der Waals surface area contributed by atoms with Gasteiger partial charge in [0.15, 0.2) is 11.5 Å². The molecular formula is C17H23N3O5. The Bertz CT molecular complexity index is 749. The smallest absolute Gasteiger partial charge is 0.245 e. The van der Waals surface area contributed by atoms with E-state index in [0.29, 0.717) is 28.2 Å². The molecule has 2 atom stereocenters. The average molecular weight is 349 g/mol. The zero-order chi connectivity index (χ0) is 18.5. The minimum absolute atomic E-state index is 0.0124. The first-order valence-electron chi connectivity index (χ1n) is 8.09. The summed E-state index contributed by atoms with van der Waals surface area (Å²) in [6.45, 7) is 1.84. The van der Waals surface area contributed by atoms with Gasteiger partial charge in [-0.2, -0.15) is 0 Å². The molecule has 1 saturated heterocycles. The molecule has 0 unspecified atom stereocenters. The lowest BCUT2D eigenvalue weighted by Gasteiger charge is -2.47. The van der Waals surface area contributed by atoms with Gasteiger partial charge < -0.3 is 30.1 Å². The molecule has 2 aliphatic rings. The molecule has 1 fully saturated rings. The molecule has 3 N–H and O–H groups in total. The topological polar surface area (TPSA) is 105 Å². The van der Waals surface area contributed by atoms with Crippen molar-refractivity contribution in [2.24, 2.45) is 5.73 Å². The van der Waals surface area contributed by atoms with Crippen LogP contribution in [-0.2, 0) is 16.0 Å². The number of carbonyl (C=O) groups excluding carboxylic acids is 2. The van der Waals surface area contributed by atoms with Gasteiger partial charge in [0.05, 0.1) is 26.8 Å². The van der Waals surface area contributed by atoms with Crippen molar-refractivity contribution in [3.63, 3.8) is 0 Å². The fourth-order valence-corrected chi connectivity index (χ4v) is 3.95. The Morgan fingerprint density at radius 1 is 1.24 bits per heavy atom. The molecule has 8 nitrogen and oxygen atoms in total. The van der Waals surface area contributed by atoms with E-state index in [0.717, 1.165) is 0 Å². The average Bonchev–Trinajstić information content (AvgIpc) is 2.60. The van der Waals surface area contributed by atoms with Crippen LogP contribution in [0.5, 0.6) is 17.2 Å². The number of ether oxygens (including phenoxy) is 2. The minimum atomic E-state index is -0.671. The molecule has 136 valence electrons. The number of methoxy groups -OCH3 is 2. The maximum atomic E-state index is 12.6. The Hall–Kier alpha value is -2.48. The largest absolute Gasteiger partial charge is 0.507 e. The molecule has 0 aliphatic carbocycles. The van der Waals surface area contributed by atoms with Crippen LogP contribution in [0.2, 0.25) is 0 Å². The monoisotopic (exact) mass is 349 g/mol. The van der Waals surface area contributed by atoms with Crippen LogP contribution in [0.15, 0.2) is 0 Å². The molecule has 1 aromatic carbocycles. The van der Waals surface area contributed by atoms with E-state index < -0.39 is 12.1 Å². The van der Waals surface area contributed by atoms with Crippen LogP contribution in [0.1, 0.15) is 22.7 Å². The molecule has 0 spiro atoms. The molecule has 8 heteroatoms. The highest BCUT2D eigenvalue weighted by atomic mass is 16.5. The number of hydrogen-bond acceptors (Lipinski definition) is 6. The van der Waals surface area contributed by atoms with Crippen LogP contribution in [0.25, 0.3) is 0 Å². The van der Waals surface area contributed by atoms with Gasteiger partial charge in [-0.25, -0.2) is 0 Å². The van der Waals surface area contributed by atoms with E-state index in [1.165, 1.54) is 24.0 Å². The number of nitrogens with zero attached hydrogens (tertiary/aromatic N) is 2. The number of hydrogen-bond donors (Lipinski definition) is 2. The van der Waals surface area contributed by atoms with Gasteiger partial charge in [0.2, 0.25) is 11.8 Å². The quantitative estimate of drug-likeness (QED) is 0.792. The van der Waals surface area contributed by atoms with E-state index in [2.05, 4.69) is 0 Å². The molecule has 2 aliphatic heterocycles. The summed E-state index contributed by atoms with van der Waals surface area (Å²) in [5, 5.41) is 10.7. The Morgan fingerprint density at radius 3 is 2.44 bits per heavy atom. The van der Waals surface area contributed by atoms with Gasteiger partial charge in [-0.1, -0.05) is 0 Å². The molecule has 2 heterocycles. The van der Waals surface area contributed by atoms with Crippen molar-refractivity contribution in [1.82, 2.24) is 9.80 Å². The van der Waals surface area contributed by atoms with Crippen molar-refractivity contribution in [3.8, 4) is 17.2 Å². The number of phenols is 1. The first-order valence-corrected chi connectivity index (χ1v) is 8.09. The van der Waals surface area contributed by atoms with Crippen molar-refractivity contribution in [2.75, 3.05) is 34.4 Å². The normalized spacial score (nSPS) is 22.6. The summed E-state index contributed by atoms with van der Waals surface area (Å²) in [5.41, 5.74) is 7.71. The summed E-state index contributed by atoms with van der Waals surface area (Å²) in [7, 11) is 4.60. The minimum Gasteiger partial charge on any atom is -0.507 e. The third kappa shape index (κ3) is 2.31. The second kappa shape index (κ2) is 6.11. The van der Waals surface area contributed by atoms with Crippen LogP contribution in [0.4, 0.5) is 0 Å². The molecular weight excluding hydrogens is 326 g/mol. The Morgan fingerprint density at radius 2 is 1.88 bits per heavy atom. The number of aromatic hydroxyl groups is 1. The van der Waals surface area contributed by atoms with E-state index in [9.17, 15) is 14.7 Å². The van der Waals surface area contributed by atoms with Crippen LogP contribution >= 0.6 is 0 Å². The number of piperazine rings is 1. The molecule has 0 aromatic heterocycles. The summed E-state index contributed by atoms with van der Waals surface area (Å²) < 4.78 is 10.9. The standard InChI is InChI=1S/C17H23N3O5/c1-8-14(22)9-5-10-17(23)19(2)7-12(21)20(10)11(6-18)13(9)16(25-4)15(8)24-3/h10-11,22H,5-7,18H2,1-4H3/t10-,11-/m0/s1. The zero-order valence-corrected chi connectivity index (χ0v) is 14.8. The van der Waals surface area contributed by atoms with E-state index in [4.69, 9.17) is 15.2 Å². The fraction of sp³-hybridized carbons (Fsp3) is 0.529. The molecule has 1 aromatic rings. The van der Waals surface area contributed by atoms with Gasteiger partial charge in [-0.05, 0) is 6.92 Å². The lowest BCUT2D eigenvalue weighted by Crippen LogP contribution is -2.62. The predicted octanol–water partition coefficient (Wildman–Crippen LogP) is -0.0571. The number of fused-ring (bicyclic) bond motifs is 2. The van der Waals surface area contributed by atoms with Crippen molar-refractivity contribution in [1.29, 1.82) is 0 Å². The Kier molecular flexibility index (Phi) is 4.24. The van der Waals surface area contributed by atoms with Gasteiger partial charge in [0.1, 0.15) is 11.8 Å². The molecule has 0 saturated carbocycles. The van der Waals surface area contributed by atoms with Crippen molar-refractivity contribution in [2.45, 2.75) is 25.4 Å². The van der Waals surface area contributed by atoms with E-state index in [1.807, 2.05) is 0 Å². The first-order chi connectivity index (χ1) is 11.9. The number of rotatable bonds is 3. The predicted molar refractivity (Wildman–Crippen MR) is 89.7 cm³/mol. The lowest BCUT2D eigenvalue weighted by atomic mass is 9.83. The number of nitrogens with two attached hydrogens (primary N) is 1. The van der Waals surface area contributed by atoms with Gasteiger partial charge >= 0.3 is 0 Å². The molecule has 0 bridgehead atoms. The van der Waals surface area contributed by atoms with Crippen molar-refractivity contribution in [3.05, 3.63) is 16.7 Å². The highest BCUT2D eigenvalue weighted by molar-refractivity contribution is 5.96. The first kappa shape index (κ1) is 17.3. The van der Waals surface area contributed by atoms with Crippen LogP contribution < -0.4 is 15.2 Å². The van der Waals surface area contributed by atoms with Gasteiger partial charge in [0, 0.05) is 36.7 Å². The number of amides is 2. The summed E-state index contributed by atoms with van der Waals surface area (Å²) >= 11 is 0. The molecule has 3 rings (SSSR count). The van der Waals surface area contributed by atoms with E-state index >= 15 is 0 Å². The number of phenolic OH excluding ortho intramolecular Hbond substituents is 1. The third-order valence-electron chi connectivity index (χ3n) is 5.11. The fourth-order valence-electron chi connectivity index (χ4n) is 3.95. The SMILES string of the molecule is COc1c(C)c(O)c2c(c1OC)[C@H](CN)N1C(=O)CN(C)C(=O)[C@@H]1C2. The molecule has 0 radical (unpaired) electrons. The summed E-state index contributed by atoms with van der Waals surface area (Å²) in [6, 6.07) is -1.23. The van der Waals surface area contributed by atoms with Gasteiger partial charge in [-0.3, -0.25) is 9.59 Å². The maximum Gasteiger partial charge on any atom is 0.245 e. The van der Waals surface area contributed by atoms with Crippen LogP contribution in [0.3, 0.4) is 0 Å². The van der Waals surface area contributed by atoms with Crippen LogP contribution in [0, 0.1) is 6.92 Å². The second-order valence-corrected chi connectivity index (χ2v) is 6.40. The highest BCUT2D eigenvalue weighted by Gasteiger charge is 2.47. The van der Waals surface area contributed by atoms with Crippen molar-refractivity contribution >= 4 is 11.8 Å². The third-order valence-corrected chi connectivity index (χ3v) is 5.11. The lowest BCUT2D eigenvalue weighted by molar-refractivity contribution is -0.158. The molecule has 25 heavy (non-hydrogen) atoms. The number of likely N-dealkylation sites (N-methyl/N-ethyl adjacent to an activating group) is 1. The summed E-state index contributed by atoms with van der Waals surface area (Å²) in [4.78, 5) is 28.2. The summed E-state index contributed by atoms with van der Waals surface area (Å²) in [5.74, 6) is 0.577. The van der Waals surface area contributed by atoms with Crippen molar-refractivity contribution < 1.29 is 24.2 Å². The summed E-state index contributed by atoms with van der Waals surface area (Å²) in [6.07, 6.45) is 0.216. The number of benzene rings is 1. The van der Waals surface area contributed by atoms with Crippen LogP contribution in [-0.4, -0.2) is 67.1 Å².